The second-order valence-corrected chi connectivity index (χ2v) is 7.47. The molecule has 31 heavy (non-hydrogen) atoms. The molecule has 2 aromatic rings. The van der Waals surface area contributed by atoms with Gasteiger partial charge in [0.15, 0.2) is 11.5 Å². The van der Waals surface area contributed by atoms with E-state index < -0.39 is 0 Å². The topological polar surface area (TPSA) is 85.9 Å². The van der Waals surface area contributed by atoms with E-state index in [4.69, 9.17) is 14.2 Å². The number of carbonyl (C=O) groups is 2. The summed E-state index contributed by atoms with van der Waals surface area (Å²) < 4.78 is 16.4. The number of para-hydroxylation sites is 2. The summed E-state index contributed by atoms with van der Waals surface area (Å²) >= 11 is 1.26. The van der Waals surface area contributed by atoms with Crippen LogP contribution in [0.4, 0.5) is 5.69 Å². The molecule has 0 saturated carbocycles. The molecule has 2 amide bonds. The molecule has 0 fully saturated rings. The lowest BCUT2D eigenvalue weighted by Gasteiger charge is -2.12. The van der Waals surface area contributed by atoms with E-state index in [9.17, 15) is 9.59 Å². The Hall–Kier alpha value is -2.87. The molecule has 0 aliphatic carbocycles. The summed E-state index contributed by atoms with van der Waals surface area (Å²) in [5.41, 5.74) is 1.66. The molecular weight excluding hydrogens is 416 g/mol. The number of hydrogen-bond acceptors (Lipinski definition) is 6. The van der Waals surface area contributed by atoms with Gasteiger partial charge in [0.1, 0.15) is 5.75 Å². The molecule has 0 aromatic heterocycles. The Kier molecular flexibility index (Phi) is 10.6. The van der Waals surface area contributed by atoms with Crippen LogP contribution in [0.15, 0.2) is 42.5 Å². The first-order valence-electron chi connectivity index (χ1n) is 10.2. The van der Waals surface area contributed by atoms with Crippen LogP contribution in [0.1, 0.15) is 19.4 Å². The SMILES string of the molecule is CCOc1ccc(CCNC(=O)CSCC(=O)Nc2ccccc2OC)cc1OCC. The van der Waals surface area contributed by atoms with Crippen molar-refractivity contribution in [3.63, 3.8) is 0 Å². The van der Waals surface area contributed by atoms with E-state index in [-0.39, 0.29) is 23.3 Å². The highest BCUT2D eigenvalue weighted by molar-refractivity contribution is 8.00. The van der Waals surface area contributed by atoms with Crippen molar-refractivity contribution >= 4 is 29.3 Å². The first-order valence-corrected chi connectivity index (χ1v) is 11.4. The van der Waals surface area contributed by atoms with Crippen LogP contribution in [-0.4, -0.2) is 50.2 Å². The molecule has 7 nitrogen and oxygen atoms in total. The Morgan fingerprint density at radius 2 is 1.61 bits per heavy atom. The highest BCUT2D eigenvalue weighted by Gasteiger charge is 2.10. The normalized spacial score (nSPS) is 10.3. The van der Waals surface area contributed by atoms with Gasteiger partial charge in [-0.15, -0.1) is 11.8 Å². The Morgan fingerprint density at radius 3 is 2.35 bits per heavy atom. The predicted molar refractivity (Wildman–Crippen MR) is 124 cm³/mol. The molecule has 2 N–H and O–H groups in total. The second-order valence-electron chi connectivity index (χ2n) is 6.49. The number of ether oxygens (including phenoxy) is 3. The van der Waals surface area contributed by atoms with Gasteiger partial charge >= 0.3 is 0 Å². The quantitative estimate of drug-likeness (QED) is 0.490. The van der Waals surface area contributed by atoms with Crippen LogP contribution in [0.2, 0.25) is 0 Å². The van der Waals surface area contributed by atoms with Crippen molar-refractivity contribution in [2.24, 2.45) is 0 Å². The van der Waals surface area contributed by atoms with Crippen molar-refractivity contribution in [3.05, 3.63) is 48.0 Å². The van der Waals surface area contributed by atoms with Gasteiger partial charge in [-0.05, 0) is 50.1 Å². The second kappa shape index (κ2) is 13.4. The largest absolute Gasteiger partial charge is 0.495 e. The maximum absolute atomic E-state index is 12.1. The Bertz CT molecular complexity index is 860. The van der Waals surface area contributed by atoms with Gasteiger partial charge in [0.2, 0.25) is 11.8 Å². The Morgan fingerprint density at radius 1 is 0.903 bits per heavy atom. The Labute approximate surface area is 187 Å². The van der Waals surface area contributed by atoms with Gasteiger partial charge in [-0.1, -0.05) is 18.2 Å². The van der Waals surface area contributed by atoms with Crippen LogP contribution >= 0.6 is 11.8 Å². The number of anilines is 1. The molecule has 0 bridgehead atoms. The highest BCUT2D eigenvalue weighted by atomic mass is 32.2. The molecule has 168 valence electrons. The van der Waals surface area contributed by atoms with Crippen LogP contribution in [-0.2, 0) is 16.0 Å². The zero-order chi connectivity index (χ0) is 22.5. The van der Waals surface area contributed by atoms with E-state index in [0.29, 0.717) is 43.4 Å². The number of hydrogen-bond donors (Lipinski definition) is 2. The molecule has 0 unspecified atom stereocenters. The van der Waals surface area contributed by atoms with Crippen molar-refractivity contribution in [1.82, 2.24) is 5.32 Å². The molecule has 8 heteroatoms. The van der Waals surface area contributed by atoms with E-state index in [1.54, 1.807) is 19.2 Å². The van der Waals surface area contributed by atoms with Crippen LogP contribution in [0, 0.1) is 0 Å². The van der Waals surface area contributed by atoms with Crippen molar-refractivity contribution < 1.29 is 23.8 Å². The number of thioether (sulfide) groups is 1. The fraction of sp³-hybridized carbons (Fsp3) is 0.391. The number of amides is 2. The van der Waals surface area contributed by atoms with Gasteiger partial charge in [-0.25, -0.2) is 0 Å². The molecule has 0 radical (unpaired) electrons. The minimum atomic E-state index is -0.180. The summed E-state index contributed by atoms with van der Waals surface area (Å²) in [6.45, 7) is 5.49. The number of nitrogens with one attached hydrogen (secondary N) is 2. The minimum Gasteiger partial charge on any atom is -0.495 e. The minimum absolute atomic E-state index is 0.106. The third kappa shape index (κ3) is 8.41. The summed E-state index contributed by atoms with van der Waals surface area (Å²) in [6.07, 6.45) is 0.678. The summed E-state index contributed by atoms with van der Waals surface area (Å²) in [6, 6.07) is 13.0. The maximum atomic E-state index is 12.1. The smallest absolute Gasteiger partial charge is 0.234 e. The van der Waals surface area contributed by atoms with Crippen molar-refractivity contribution in [2.75, 3.05) is 43.7 Å². The van der Waals surface area contributed by atoms with E-state index in [2.05, 4.69) is 10.6 Å². The average Bonchev–Trinajstić information content (AvgIpc) is 2.76. The average molecular weight is 447 g/mol. The fourth-order valence-electron chi connectivity index (χ4n) is 2.82. The molecule has 2 rings (SSSR count). The van der Waals surface area contributed by atoms with Crippen LogP contribution < -0.4 is 24.8 Å². The van der Waals surface area contributed by atoms with E-state index >= 15 is 0 Å². The van der Waals surface area contributed by atoms with E-state index in [1.165, 1.54) is 11.8 Å². The number of carbonyl (C=O) groups excluding carboxylic acids is 2. The zero-order valence-electron chi connectivity index (χ0n) is 18.2. The Balaban J connectivity index is 1.70. The lowest BCUT2D eigenvalue weighted by Crippen LogP contribution is -2.28. The van der Waals surface area contributed by atoms with Gasteiger partial charge in [-0.3, -0.25) is 9.59 Å². The highest BCUT2D eigenvalue weighted by Crippen LogP contribution is 2.28. The molecule has 0 atom stereocenters. The van der Waals surface area contributed by atoms with Gasteiger partial charge in [-0.2, -0.15) is 0 Å². The monoisotopic (exact) mass is 446 g/mol. The van der Waals surface area contributed by atoms with Gasteiger partial charge in [0.25, 0.3) is 0 Å². The predicted octanol–water partition coefficient (Wildman–Crippen LogP) is 3.52. The first-order chi connectivity index (χ1) is 15.1. The van der Waals surface area contributed by atoms with Crippen molar-refractivity contribution in [3.8, 4) is 17.2 Å². The van der Waals surface area contributed by atoms with Gasteiger partial charge in [0, 0.05) is 6.54 Å². The van der Waals surface area contributed by atoms with Crippen LogP contribution in [0.3, 0.4) is 0 Å². The first kappa shape index (κ1) is 24.4. The van der Waals surface area contributed by atoms with Gasteiger partial charge in [0.05, 0.1) is 37.5 Å². The van der Waals surface area contributed by atoms with Crippen molar-refractivity contribution in [1.29, 1.82) is 0 Å². The van der Waals surface area contributed by atoms with Gasteiger partial charge < -0.3 is 24.8 Å². The number of benzene rings is 2. The molecule has 0 aliphatic heterocycles. The van der Waals surface area contributed by atoms with E-state index in [0.717, 1.165) is 11.3 Å². The molecule has 0 saturated heterocycles. The summed E-state index contributed by atoms with van der Waals surface area (Å²) in [7, 11) is 1.55. The summed E-state index contributed by atoms with van der Waals surface area (Å²) in [5, 5.41) is 5.67. The summed E-state index contributed by atoms with van der Waals surface area (Å²) in [5.74, 6) is 2.14. The summed E-state index contributed by atoms with van der Waals surface area (Å²) in [4.78, 5) is 24.1. The molecule has 0 spiro atoms. The third-order valence-electron chi connectivity index (χ3n) is 4.19. The standard InChI is InChI=1S/C23H30N2O5S/c1-4-29-20-11-10-17(14-21(20)30-5-2)12-13-24-22(26)15-31-16-23(27)25-18-8-6-7-9-19(18)28-3/h6-11,14H,4-5,12-13,15-16H2,1-3H3,(H,24,26)(H,25,27). The lowest BCUT2D eigenvalue weighted by molar-refractivity contribution is -0.118. The molecule has 0 aliphatic rings. The van der Waals surface area contributed by atoms with E-state index in [1.807, 2.05) is 44.2 Å². The lowest BCUT2D eigenvalue weighted by atomic mass is 10.1. The van der Waals surface area contributed by atoms with Crippen molar-refractivity contribution in [2.45, 2.75) is 20.3 Å². The third-order valence-corrected chi connectivity index (χ3v) is 5.12. The fourth-order valence-corrected chi connectivity index (χ4v) is 3.47. The zero-order valence-corrected chi connectivity index (χ0v) is 19.1. The van der Waals surface area contributed by atoms with Crippen LogP contribution in [0.25, 0.3) is 0 Å². The molecule has 2 aromatic carbocycles. The van der Waals surface area contributed by atoms with Crippen LogP contribution in [0.5, 0.6) is 17.2 Å². The maximum Gasteiger partial charge on any atom is 0.234 e. The number of methoxy groups -OCH3 is 1. The molecular formula is C23H30N2O5S. The molecule has 0 heterocycles. The number of rotatable bonds is 13.